The van der Waals surface area contributed by atoms with Gasteiger partial charge < -0.3 is 30.2 Å². The van der Waals surface area contributed by atoms with Crippen LogP contribution in [0.2, 0.25) is 0 Å². The van der Waals surface area contributed by atoms with Crippen molar-refractivity contribution >= 4 is 21.6 Å². The first kappa shape index (κ1) is 20.4. The number of allylic oxidation sites excluding steroid dienone is 1. The Morgan fingerprint density at radius 1 is 1.20 bits per heavy atom. The Hall–Kier alpha value is -2.89. The van der Waals surface area contributed by atoms with E-state index in [1.165, 1.54) is 0 Å². The van der Waals surface area contributed by atoms with Crippen LogP contribution in [0.15, 0.2) is 46.3 Å². The van der Waals surface area contributed by atoms with Gasteiger partial charge in [-0.2, -0.15) is 5.26 Å². The summed E-state index contributed by atoms with van der Waals surface area (Å²) >= 11 is 3.55. The molecule has 2 aliphatic rings. The Morgan fingerprint density at radius 2 is 1.97 bits per heavy atom. The number of anilines is 1. The predicted molar refractivity (Wildman–Crippen MR) is 118 cm³/mol. The van der Waals surface area contributed by atoms with Gasteiger partial charge in [0.05, 0.1) is 24.6 Å². The summed E-state index contributed by atoms with van der Waals surface area (Å²) in [5.74, 6) is 1.59. The molecule has 0 radical (unpaired) electrons. The fourth-order valence-electron chi connectivity index (χ4n) is 4.01. The Labute approximate surface area is 184 Å². The second-order valence-corrected chi connectivity index (χ2v) is 7.98. The second-order valence-electron chi connectivity index (χ2n) is 7.12. The number of nitrogens with two attached hydrogens (primary N) is 1. The number of benzene rings is 2. The van der Waals surface area contributed by atoms with Gasteiger partial charge in [-0.1, -0.05) is 6.07 Å². The number of nitriles is 1. The van der Waals surface area contributed by atoms with Crippen molar-refractivity contribution in [2.75, 3.05) is 45.3 Å². The molecule has 1 atom stereocenters. The summed E-state index contributed by atoms with van der Waals surface area (Å²) in [5.41, 5.74) is 9.37. The highest BCUT2D eigenvalue weighted by molar-refractivity contribution is 9.10. The monoisotopic (exact) mass is 470 g/mol. The third-order valence-corrected chi connectivity index (χ3v) is 6.06. The van der Waals surface area contributed by atoms with Crippen molar-refractivity contribution in [1.29, 1.82) is 5.26 Å². The van der Waals surface area contributed by atoms with Crippen molar-refractivity contribution < 1.29 is 14.2 Å². The minimum atomic E-state index is -0.369. The first-order valence-corrected chi connectivity index (χ1v) is 10.4. The molecule has 7 nitrogen and oxygen atoms in total. The van der Waals surface area contributed by atoms with E-state index in [-0.39, 0.29) is 11.8 Å². The molecule has 156 valence electrons. The first-order chi connectivity index (χ1) is 14.6. The molecule has 1 unspecified atom stereocenters. The number of ether oxygens (including phenoxy) is 3. The Morgan fingerprint density at radius 3 is 2.63 bits per heavy atom. The van der Waals surface area contributed by atoms with Gasteiger partial charge in [0.2, 0.25) is 5.88 Å². The molecular weight excluding hydrogens is 448 g/mol. The summed E-state index contributed by atoms with van der Waals surface area (Å²) in [5, 5.41) is 13.2. The number of methoxy groups -OCH3 is 2. The number of nitrogens with zero attached hydrogens (tertiary/aromatic N) is 2. The van der Waals surface area contributed by atoms with Gasteiger partial charge in [-0.15, -0.1) is 0 Å². The fourth-order valence-corrected chi connectivity index (χ4v) is 4.63. The molecule has 0 saturated carbocycles. The Kier molecular flexibility index (Phi) is 5.75. The highest BCUT2D eigenvalue weighted by Crippen LogP contribution is 2.47. The summed E-state index contributed by atoms with van der Waals surface area (Å²) in [6.07, 6.45) is 0. The molecule has 0 aliphatic carbocycles. The zero-order valence-corrected chi connectivity index (χ0v) is 18.5. The fraction of sp³-hybridized carbons (Fsp3) is 0.318. The molecule has 30 heavy (non-hydrogen) atoms. The third kappa shape index (κ3) is 3.55. The second kappa shape index (κ2) is 8.46. The average Bonchev–Trinajstić information content (AvgIpc) is 2.77. The van der Waals surface area contributed by atoms with Crippen LogP contribution in [0.1, 0.15) is 17.0 Å². The number of nitrogens with one attached hydrogen (secondary N) is 1. The highest BCUT2D eigenvalue weighted by Gasteiger charge is 2.32. The molecule has 2 aromatic rings. The van der Waals surface area contributed by atoms with Gasteiger partial charge in [0.15, 0.2) is 11.5 Å². The van der Waals surface area contributed by atoms with Crippen molar-refractivity contribution in [2.45, 2.75) is 5.92 Å². The number of fused-ring (bicyclic) bond motifs is 1. The zero-order valence-electron chi connectivity index (χ0n) is 16.9. The number of hydrogen-bond acceptors (Lipinski definition) is 7. The lowest BCUT2D eigenvalue weighted by molar-refractivity contribution is 0.352. The van der Waals surface area contributed by atoms with E-state index in [9.17, 15) is 5.26 Å². The van der Waals surface area contributed by atoms with Crippen molar-refractivity contribution in [1.82, 2.24) is 5.32 Å². The summed E-state index contributed by atoms with van der Waals surface area (Å²) < 4.78 is 17.5. The third-order valence-electron chi connectivity index (χ3n) is 5.47. The molecule has 2 aromatic carbocycles. The summed E-state index contributed by atoms with van der Waals surface area (Å²) in [4.78, 5) is 2.31. The Bertz CT molecular complexity index is 1040. The van der Waals surface area contributed by atoms with Gasteiger partial charge >= 0.3 is 0 Å². The van der Waals surface area contributed by atoms with Gasteiger partial charge in [-0.25, -0.2) is 0 Å². The molecular formula is C22H23BrN4O3. The molecule has 2 aliphatic heterocycles. The van der Waals surface area contributed by atoms with E-state index in [1.807, 2.05) is 24.3 Å². The van der Waals surface area contributed by atoms with Crippen LogP contribution < -0.4 is 30.2 Å². The van der Waals surface area contributed by atoms with E-state index in [2.05, 4.69) is 38.3 Å². The van der Waals surface area contributed by atoms with E-state index in [1.54, 1.807) is 14.2 Å². The van der Waals surface area contributed by atoms with Crippen LogP contribution in [0.5, 0.6) is 17.2 Å². The summed E-state index contributed by atoms with van der Waals surface area (Å²) in [7, 11) is 3.17. The molecule has 2 heterocycles. The standard InChI is InChI=1S/C22H23BrN4O3/c1-28-19-10-13(9-17(23)21(19)29-2)20-15-4-3-14(27-7-5-26-6-8-27)11-18(15)30-22(25)16(20)12-24/h3-4,9-11,20,26H,5-8,25H2,1-2H3. The molecule has 3 N–H and O–H groups in total. The van der Waals surface area contributed by atoms with Gasteiger partial charge in [0.1, 0.15) is 17.4 Å². The zero-order chi connectivity index (χ0) is 21.3. The van der Waals surface area contributed by atoms with Gasteiger partial charge in [0, 0.05) is 43.5 Å². The summed E-state index contributed by atoms with van der Waals surface area (Å²) in [6.45, 7) is 3.75. The number of rotatable bonds is 4. The lowest BCUT2D eigenvalue weighted by atomic mass is 9.83. The maximum atomic E-state index is 9.82. The average molecular weight is 471 g/mol. The first-order valence-electron chi connectivity index (χ1n) is 9.66. The number of piperazine rings is 1. The minimum Gasteiger partial charge on any atom is -0.493 e. The van der Waals surface area contributed by atoms with Crippen LogP contribution in [-0.2, 0) is 0 Å². The van der Waals surface area contributed by atoms with Crippen molar-refractivity contribution in [3.63, 3.8) is 0 Å². The maximum Gasteiger partial charge on any atom is 0.205 e. The molecule has 0 bridgehead atoms. The lowest BCUT2D eigenvalue weighted by Crippen LogP contribution is -2.43. The predicted octanol–water partition coefficient (Wildman–Crippen LogP) is 3.09. The highest BCUT2D eigenvalue weighted by atomic mass is 79.9. The number of hydrogen-bond donors (Lipinski definition) is 2. The van der Waals surface area contributed by atoms with Crippen molar-refractivity contribution in [3.05, 3.63) is 57.4 Å². The van der Waals surface area contributed by atoms with E-state index in [4.69, 9.17) is 19.9 Å². The molecule has 0 amide bonds. The van der Waals surface area contributed by atoms with Crippen LogP contribution in [0.4, 0.5) is 5.69 Å². The Balaban J connectivity index is 1.82. The number of halogens is 1. The molecule has 0 aromatic heterocycles. The molecule has 8 heteroatoms. The van der Waals surface area contributed by atoms with Crippen molar-refractivity contribution in [3.8, 4) is 23.3 Å². The maximum absolute atomic E-state index is 9.82. The van der Waals surface area contributed by atoms with E-state index < -0.39 is 0 Å². The summed E-state index contributed by atoms with van der Waals surface area (Å²) in [6, 6.07) is 12.1. The molecule has 1 saturated heterocycles. The minimum absolute atomic E-state index is 0.123. The van der Waals surface area contributed by atoms with E-state index in [0.29, 0.717) is 22.8 Å². The molecule has 0 spiro atoms. The van der Waals surface area contributed by atoms with Crippen LogP contribution in [-0.4, -0.2) is 40.4 Å². The van der Waals surface area contributed by atoms with Gasteiger partial charge in [-0.05, 0) is 39.7 Å². The molecule has 4 rings (SSSR count). The van der Waals surface area contributed by atoms with Crippen LogP contribution in [0, 0.1) is 11.3 Å². The van der Waals surface area contributed by atoms with E-state index in [0.717, 1.165) is 47.5 Å². The topological polar surface area (TPSA) is 92.8 Å². The normalized spacial score (nSPS) is 18.3. The van der Waals surface area contributed by atoms with Gasteiger partial charge in [-0.3, -0.25) is 0 Å². The van der Waals surface area contributed by atoms with Gasteiger partial charge in [0.25, 0.3) is 0 Å². The quantitative estimate of drug-likeness (QED) is 0.708. The smallest absolute Gasteiger partial charge is 0.205 e. The van der Waals surface area contributed by atoms with Crippen LogP contribution in [0.25, 0.3) is 0 Å². The SMILES string of the molecule is COc1cc(C2C(C#N)=C(N)Oc3cc(N4CCNCC4)ccc32)cc(Br)c1OC. The van der Waals surface area contributed by atoms with E-state index >= 15 is 0 Å². The molecule has 1 fully saturated rings. The van der Waals surface area contributed by atoms with Crippen LogP contribution >= 0.6 is 15.9 Å². The lowest BCUT2D eigenvalue weighted by Gasteiger charge is -2.32. The largest absolute Gasteiger partial charge is 0.493 e. The van der Waals surface area contributed by atoms with Crippen LogP contribution in [0.3, 0.4) is 0 Å². The van der Waals surface area contributed by atoms with Crippen molar-refractivity contribution in [2.24, 2.45) is 5.73 Å².